The average molecular weight is 370 g/mol. The highest BCUT2D eigenvalue weighted by Crippen LogP contribution is 2.31. The Morgan fingerprint density at radius 1 is 1.08 bits per heavy atom. The van der Waals surface area contributed by atoms with Gasteiger partial charge in [0.2, 0.25) is 0 Å². The smallest absolute Gasteiger partial charge is 0.416 e. The quantitative estimate of drug-likeness (QED) is 0.774. The first-order chi connectivity index (χ1) is 10.5. The average Bonchev–Trinajstić information content (AvgIpc) is 2.43. The molecular weight excluding hydrogens is 347 g/mol. The number of halogens is 4. The van der Waals surface area contributed by atoms with Crippen LogP contribution in [-0.4, -0.2) is 24.2 Å². The minimum atomic E-state index is -4.39. The molecule has 0 unspecified atom stereocenters. The van der Waals surface area contributed by atoms with E-state index < -0.39 is 36.0 Å². The normalized spacial score (nSPS) is 15.2. The zero-order valence-corrected chi connectivity index (χ0v) is 14.8. The highest BCUT2D eigenvalue weighted by Gasteiger charge is 2.31. The van der Waals surface area contributed by atoms with Crippen molar-refractivity contribution in [3.05, 3.63) is 29.8 Å². The number of hydrogen-bond donors (Lipinski definition) is 1. The zero-order chi connectivity index (χ0) is 17.8. The van der Waals surface area contributed by atoms with Gasteiger partial charge >= 0.3 is 12.1 Å². The summed E-state index contributed by atoms with van der Waals surface area (Å²) < 4.78 is 48.6. The molecule has 138 valence electrons. The van der Waals surface area contributed by atoms with Gasteiger partial charge in [0.25, 0.3) is 0 Å². The van der Waals surface area contributed by atoms with Crippen molar-refractivity contribution in [2.24, 2.45) is 11.7 Å². The van der Waals surface area contributed by atoms with Gasteiger partial charge in [-0.05, 0) is 44.0 Å². The summed E-state index contributed by atoms with van der Waals surface area (Å²) in [6.07, 6.45) is -5.49. The van der Waals surface area contributed by atoms with E-state index in [0.717, 1.165) is 12.1 Å². The number of ether oxygens (including phenoxy) is 2. The lowest BCUT2D eigenvalue weighted by molar-refractivity contribution is -0.155. The topological polar surface area (TPSA) is 61.5 Å². The molecule has 0 spiro atoms. The number of hydrogen-bond acceptors (Lipinski definition) is 4. The molecule has 24 heavy (non-hydrogen) atoms. The number of esters is 1. The van der Waals surface area contributed by atoms with E-state index in [2.05, 4.69) is 0 Å². The maximum absolute atomic E-state index is 12.5. The van der Waals surface area contributed by atoms with Crippen LogP contribution in [0.5, 0.6) is 5.75 Å². The molecule has 0 amide bonds. The van der Waals surface area contributed by atoms with Gasteiger partial charge in [0.05, 0.1) is 5.56 Å². The Morgan fingerprint density at radius 2 is 1.58 bits per heavy atom. The van der Waals surface area contributed by atoms with Crippen molar-refractivity contribution < 1.29 is 27.4 Å². The van der Waals surface area contributed by atoms with Gasteiger partial charge in [-0.2, -0.15) is 13.2 Å². The minimum Gasteiger partial charge on any atom is -0.486 e. The number of carbonyl (C=O) groups excluding carboxylic acids is 1. The summed E-state index contributed by atoms with van der Waals surface area (Å²) >= 11 is 0. The third-order valence-electron chi connectivity index (χ3n) is 3.25. The molecule has 1 aromatic carbocycles. The van der Waals surface area contributed by atoms with Gasteiger partial charge in [0.15, 0.2) is 0 Å². The molecule has 1 aromatic rings. The molecule has 0 saturated carbocycles. The van der Waals surface area contributed by atoms with Gasteiger partial charge in [-0.15, -0.1) is 12.4 Å². The summed E-state index contributed by atoms with van der Waals surface area (Å²) in [5.74, 6) is -0.298. The molecule has 0 aliphatic rings. The second kappa shape index (κ2) is 9.13. The van der Waals surface area contributed by atoms with Gasteiger partial charge in [0, 0.05) is 0 Å². The van der Waals surface area contributed by atoms with Gasteiger partial charge in [0.1, 0.15) is 24.0 Å². The van der Waals surface area contributed by atoms with E-state index in [1.54, 1.807) is 6.92 Å². The molecular formula is C16H23ClF3NO3. The molecule has 4 nitrogen and oxygen atoms in total. The Kier molecular flexibility index (Phi) is 8.57. The number of benzene rings is 1. The van der Waals surface area contributed by atoms with Crippen LogP contribution in [0, 0.1) is 5.92 Å². The SMILES string of the molecule is CC(C)[C@@H](Oc1ccc(C(F)(F)F)cc1)[C@H](C)OC(=O)[C@H](C)N.Cl. The van der Waals surface area contributed by atoms with E-state index in [1.807, 2.05) is 13.8 Å². The largest absolute Gasteiger partial charge is 0.486 e. The molecule has 0 heterocycles. The van der Waals surface area contributed by atoms with Crippen LogP contribution in [0.1, 0.15) is 33.3 Å². The van der Waals surface area contributed by atoms with Crippen LogP contribution < -0.4 is 10.5 Å². The van der Waals surface area contributed by atoms with Crippen molar-refractivity contribution in [1.82, 2.24) is 0 Å². The predicted molar refractivity (Wildman–Crippen MR) is 87.1 cm³/mol. The molecule has 0 aromatic heterocycles. The van der Waals surface area contributed by atoms with Gasteiger partial charge in [-0.25, -0.2) is 0 Å². The monoisotopic (exact) mass is 369 g/mol. The highest BCUT2D eigenvalue weighted by atomic mass is 35.5. The summed E-state index contributed by atoms with van der Waals surface area (Å²) in [5, 5.41) is 0. The lowest BCUT2D eigenvalue weighted by Crippen LogP contribution is -2.41. The summed E-state index contributed by atoms with van der Waals surface area (Å²) in [7, 11) is 0. The Hall–Kier alpha value is -1.47. The fourth-order valence-electron chi connectivity index (χ4n) is 2.01. The van der Waals surface area contributed by atoms with Crippen LogP contribution in [0.25, 0.3) is 0 Å². The first-order valence-corrected chi connectivity index (χ1v) is 7.32. The molecule has 0 aliphatic carbocycles. The number of nitrogens with two attached hydrogens (primary N) is 1. The number of rotatable bonds is 6. The van der Waals surface area contributed by atoms with Crippen molar-refractivity contribution in [1.29, 1.82) is 0 Å². The van der Waals surface area contributed by atoms with E-state index >= 15 is 0 Å². The first kappa shape index (κ1) is 22.5. The van der Waals surface area contributed by atoms with Crippen molar-refractivity contribution in [2.75, 3.05) is 0 Å². The third-order valence-corrected chi connectivity index (χ3v) is 3.25. The van der Waals surface area contributed by atoms with E-state index in [1.165, 1.54) is 19.1 Å². The zero-order valence-electron chi connectivity index (χ0n) is 14.0. The third kappa shape index (κ3) is 6.57. The summed E-state index contributed by atoms with van der Waals surface area (Å²) in [5.41, 5.74) is 4.70. The molecule has 0 bridgehead atoms. The fourth-order valence-corrected chi connectivity index (χ4v) is 2.01. The lowest BCUT2D eigenvalue weighted by atomic mass is 10.0. The van der Waals surface area contributed by atoms with Crippen LogP contribution in [0.2, 0.25) is 0 Å². The molecule has 0 radical (unpaired) electrons. The molecule has 0 fully saturated rings. The summed E-state index contributed by atoms with van der Waals surface area (Å²) in [6, 6.07) is 3.64. The first-order valence-electron chi connectivity index (χ1n) is 7.32. The lowest BCUT2D eigenvalue weighted by Gasteiger charge is -2.28. The molecule has 0 saturated heterocycles. The minimum absolute atomic E-state index is 0. The second-order valence-corrected chi connectivity index (χ2v) is 5.78. The maximum Gasteiger partial charge on any atom is 0.416 e. The van der Waals surface area contributed by atoms with Crippen molar-refractivity contribution >= 4 is 18.4 Å². The molecule has 2 N–H and O–H groups in total. The van der Waals surface area contributed by atoms with Crippen LogP contribution in [0.3, 0.4) is 0 Å². The molecule has 8 heteroatoms. The van der Waals surface area contributed by atoms with Crippen molar-refractivity contribution in [2.45, 2.75) is 52.1 Å². The Balaban J connectivity index is 0.00000529. The molecule has 3 atom stereocenters. The summed E-state index contributed by atoms with van der Waals surface area (Å²) in [6.45, 7) is 6.90. The fraction of sp³-hybridized carbons (Fsp3) is 0.562. The highest BCUT2D eigenvalue weighted by molar-refractivity contribution is 5.85. The van der Waals surface area contributed by atoms with Crippen LogP contribution in [0.15, 0.2) is 24.3 Å². The van der Waals surface area contributed by atoms with Crippen LogP contribution in [0.4, 0.5) is 13.2 Å². The Labute approximate surface area is 145 Å². The van der Waals surface area contributed by atoms with Gasteiger partial charge in [-0.1, -0.05) is 13.8 Å². The molecule has 1 rings (SSSR count). The van der Waals surface area contributed by atoms with E-state index in [9.17, 15) is 18.0 Å². The van der Waals surface area contributed by atoms with E-state index in [4.69, 9.17) is 15.2 Å². The maximum atomic E-state index is 12.5. The Morgan fingerprint density at radius 3 is 1.96 bits per heavy atom. The van der Waals surface area contributed by atoms with Crippen LogP contribution in [-0.2, 0) is 15.7 Å². The van der Waals surface area contributed by atoms with Gasteiger partial charge in [-0.3, -0.25) is 4.79 Å². The standard InChI is InChI=1S/C16H22F3NO3.ClH/c1-9(2)14(11(4)22-15(21)10(3)20)23-13-7-5-12(6-8-13)16(17,18)19;/h5-11,14H,20H2,1-4H3;1H/t10-,11-,14+;/m0./s1. The Bertz CT molecular complexity index is 518. The summed E-state index contributed by atoms with van der Waals surface area (Å²) in [4.78, 5) is 11.6. The predicted octanol–water partition coefficient (Wildman–Crippen LogP) is 3.81. The number of alkyl halides is 3. The number of carbonyl (C=O) groups is 1. The molecule has 0 aliphatic heterocycles. The van der Waals surface area contributed by atoms with Gasteiger partial charge < -0.3 is 15.2 Å². The second-order valence-electron chi connectivity index (χ2n) is 5.78. The van der Waals surface area contributed by atoms with Crippen LogP contribution >= 0.6 is 12.4 Å². The van der Waals surface area contributed by atoms with Crippen molar-refractivity contribution in [3.63, 3.8) is 0 Å². The van der Waals surface area contributed by atoms with E-state index in [-0.39, 0.29) is 24.1 Å². The van der Waals surface area contributed by atoms with Crippen molar-refractivity contribution in [3.8, 4) is 5.75 Å². The van der Waals surface area contributed by atoms with E-state index in [0.29, 0.717) is 0 Å².